The van der Waals surface area contributed by atoms with Crippen molar-refractivity contribution in [3.63, 3.8) is 0 Å². The van der Waals surface area contributed by atoms with E-state index in [2.05, 4.69) is 15.0 Å². The van der Waals surface area contributed by atoms with E-state index in [-0.39, 0.29) is 5.69 Å². The lowest BCUT2D eigenvalue weighted by atomic mass is 10.0. The first-order valence-corrected chi connectivity index (χ1v) is 6.37. The third kappa shape index (κ3) is 3.57. The summed E-state index contributed by atoms with van der Waals surface area (Å²) in [6.45, 7) is 2.39. The number of carbonyl (C=O) groups is 1. The molecule has 0 spiro atoms. The largest absolute Gasteiger partial charge is 0.464 e. The maximum Gasteiger partial charge on any atom is 0.356 e. The number of nitrogens with zero attached hydrogens (tertiary/aromatic N) is 1. The van der Waals surface area contributed by atoms with Gasteiger partial charge in [0.15, 0.2) is 5.69 Å². The molecule has 6 heteroatoms. The zero-order chi connectivity index (χ0) is 13.7. The highest BCUT2D eigenvalue weighted by Crippen LogP contribution is 2.19. The van der Waals surface area contributed by atoms with Gasteiger partial charge in [0, 0.05) is 19.8 Å². The summed E-state index contributed by atoms with van der Waals surface area (Å²) in [5.74, 6) is 0.625. The van der Waals surface area contributed by atoms with Crippen molar-refractivity contribution in [2.45, 2.75) is 12.8 Å². The molecule has 0 aliphatic carbocycles. The summed E-state index contributed by atoms with van der Waals surface area (Å²) in [7, 11) is 1.33. The lowest BCUT2D eigenvalue weighted by Crippen LogP contribution is -2.23. The molecule has 6 nitrogen and oxygen atoms in total. The molecule has 0 atom stereocenters. The van der Waals surface area contributed by atoms with Crippen molar-refractivity contribution in [2.24, 2.45) is 5.92 Å². The smallest absolute Gasteiger partial charge is 0.356 e. The quantitative estimate of drug-likeness (QED) is 0.798. The number of esters is 1. The van der Waals surface area contributed by atoms with Crippen LogP contribution in [0, 0.1) is 5.92 Å². The second-order valence-electron chi connectivity index (χ2n) is 4.56. The summed E-state index contributed by atoms with van der Waals surface area (Å²) in [5, 5.41) is 3.20. The number of hydrogen-bond donors (Lipinski definition) is 2. The van der Waals surface area contributed by atoms with E-state index < -0.39 is 5.97 Å². The normalized spacial score (nSPS) is 16.1. The predicted molar refractivity (Wildman–Crippen MR) is 72.0 cm³/mol. The Hall–Kier alpha value is -1.82. The molecule has 1 aliphatic heterocycles. The van der Waals surface area contributed by atoms with Gasteiger partial charge in [0.1, 0.15) is 5.82 Å². The molecule has 2 rings (SSSR count). The van der Waals surface area contributed by atoms with Crippen molar-refractivity contribution in [1.82, 2.24) is 4.98 Å². The lowest BCUT2D eigenvalue weighted by Gasteiger charge is -2.22. The molecular formula is C13H19N3O3. The molecule has 3 N–H and O–H groups in total. The molecule has 1 aromatic heterocycles. The fraction of sp³-hybridized carbons (Fsp3) is 0.538. The number of methoxy groups -OCH3 is 1. The monoisotopic (exact) mass is 265 g/mol. The van der Waals surface area contributed by atoms with Crippen LogP contribution in [0.4, 0.5) is 11.5 Å². The van der Waals surface area contributed by atoms with Crippen molar-refractivity contribution >= 4 is 17.5 Å². The highest BCUT2D eigenvalue weighted by molar-refractivity contribution is 5.88. The molecule has 104 valence electrons. The summed E-state index contributed by atoms with van der Waals surface area (Å²) in [4.78, 5) is 15.6. The predicted octanol–water partition coefficient (Wildman–Crippen LogP) is 1.29. The van der Waals surface area contributed by atoms with Gasteiger partial charge in [-0.2, -0.15) is 0 Å². The average molecular weight is 265 g/mol. The molecule has 0 amide bonds. The van der Waals surface area contributed by atoms with E-state index in [0.717, 1.165) is 32.6 Å². The molecule has 0 bridgehead atoms. The molecule has 1 fully saturated rings. The minimum atomic E-state index is -0.464. The van der Waals surface area contributed by atoms with Crippen molar-refractivity contribution < 1.29 is 14.3 Å². The van der Waals surface area contributed by atoms with Gasteiger partial charge in [0.25, 0.3) is 0 Å². The number of anilines is 2. The van der Waals surface area contributed by atoms with E-state index in [1.165, 1.54) is 7.11 Å². The molecule has 0 unspecified atom stereocenters. The van der Waals surface area contributed by atoms with E-state index in [4.69, 9.17) is 10.5 Å². The maximum atomic E-state index is 11.4. The van der Waals surface area contributed by atoms with Crippen LogP contribution in [-0.2, 0) is 9.47 Å². The molecule has 0 radical (unpaired) electrons. The summed E-state index contributed by atoms with van der Waals surface area (Å²) >= 11 is 0. The van der Waals surface area contributed by atoms with E-state index in [0.29, 0.717) is 17.4 Å². The fourth-order valence-electron chi connectivity index (χ4n) is 2.02. The molecule has 1 aromatic rings. The van der Waals surface area contributed by atoms with Crippen molar-refractivity contribution in [2.75, 3.05) is 37.9 Å². The first kappa shape index (κ1) is 13.6. The highest BCUT2D eigenvalue weighted by Gasteiger charge is 2.15. The Morgan fingerprint density at radius 3 is 2.95 bits per heavy atom. The Labute approximate surface area is 112 Å². The standard InChI is InChI=1S/C13H19N3O3/c1-18-13(17)11-3-2-10(14)12(16-11)15-8-9-4-6-19-7-5-9/h2-3,9H,4-8,14H2,1H3,(H,15,16). The van der Waals surface area contributed by atoms with Crippen molar-refractivity contribution in [3.05, 3.63) is 17.8 Å². The highest BCUT2D eigenvalue weighted by atomic mass is 16.5. The van der Waals surface area contributed by atoms with Gasteiger partial charge in [-0.15, -0.1) is 0 Å². The first-order valence-electron chi connectivity index (χ1n) is 6.37. The van der Waals surface area contributed by atoms with Gasteiger partial charge in [-0.25, -0.2) is 9.78 Å². The number of aromatic nitrogens is 1. The van der Waals surface area contributed by atoms with Crippen molar-refractivity contribution in [1.29, 1.82) is 0 Å². The van der Waals surface area contributed by atoms with Gasteiger partial charge in [-0.1, -0.05) is 0 Å². The fourth-order valence-corrected chi connectivity index (χ4v) is 2.02. The van der Waals surface area contributed by atoms with Crippen LogP contribution in [-0.4, -0.2) is 37.8 Å². The van der Waals surface area contributed by atoms with Gasteiger partial charge in [-0.05, 0) is 30.9 Å². The van der Waals surface area contributed by atoms with Crippen LogP contribution in [0.3, 0.4) is 0 Å². The minimum Gasteiger partial charge on any atom is -0.464 e. The zero-order valence-corrected chi connectivity index (χ0v) is 11.0. The number of rotatable bonds is 4. The van der Waals surface area contributed by atoms with Gasteiger partial charge < -0.3 is 20.5 Å². The molecule has 2 heterocycles. The molecule has 0 saturated carbocycles. The number of nitrogen functional groups attached to an aromatic ring is 1. The van der Waals surface area contributed by atoms with E-state index in [1.807, 2.05) is 0 Å². The Kier molecular flexibility index (Phi) is 4.57. The first-order chi connectivity index (χ1) is 9.20. The van der Waals surface area contributed by atoms with Crippen LogP contribution in [0.5, 0.6) is 0 Å². The summed E-state index contributed by atoms with van der Waals surface area (Å²) in [6, 6.07) is 3.21. The summed E-state index contributed by atoms with van der Waals surface area (Å²) < 4.78 is 9.95. The molecule has 1 aliphatic rings. The topological polar surface area (TPSA) is 86.5 Å². The van der Waals surface area contributed by atoms with Crippen LogP contribution in [0.2, 0.25) is 0 Å². The number of carbonyl (C=O) groups excluding carboxylic acids is 1. The molecule has 0 aromatic carbocycles. The number of ether oxygens (including phenoxy) is 2. The number of pyridine rings is 1. The molecule has 1 saturated heterocycles. The van der Waals surface area contributed by atoms with Crippen LogP contribution in [0.15, 0.2) is 12.1 Å². The summed E-state index contributed by atoms with van der Waals surface area (Å²) in [5.41, 5.74) is 6.63. The van der Waals surface area contributed by atoms with Crippen LogP contribution in [0.25, 0.3) is 0 Å². The van der Waals surface area contributed by atoms with E-state index in [1.54, 1.807) is 12.1 Å². The second-order valence-corrected chi connectivity index (χ2v) is 4.56. The third-order valence-electron chi connectivity index (χ3n) is 3.22. The Morgan fingerprint density at radius 1 is 1.53 bits per heavy atom. The third-order valence-corrected chi connectivity index (χ3v) is 3.22. The minimum absolute atomic E-state index is 0.256. The van der Waals surface area contributed by atoms with Gasteiger partial charge in [-0.3, -0.25) is 0 Å². The van der Waals surface area contributed by atoms with Crippen molar-refractivity contribution in [3.8, 4) is 0 Å². The average Bonchev–Trinajstić information content (AvgIpc) is 2.46. The van der Waals surface area contributed by atoms with Gasteiger partial charge in [0.2, 0.25) is 0 Å². The van der Waals surface area contributed by atoms with E-state index in [9.17, 15) is 4.79 Å². The summed E-state index contributed by atoms with van der Waals surface area (Å²) in [6.07, 6.45) is 2.06. The van der Waals surface area contributed by atoms with Crippen LogP contribution < -0.4 is 11.1 Å². The second kappa shape index (κ2) is 6.38. The number of nitrogens with two attached hydrogens (primary N) is 1. The van der Waals surface area contributed by atoms with Gasteiger partial charge >= 0.3 is 5.97 Å². The zero-order valence-electron chi connectivity index (χ0n) is 11.0. The molecule has 19 heavy (non-hydrogen) atoms. The van der Waals surface area contributed by atoms with E-state index >= 15 is 0 Å². The molecular weight excluding hydrogens is 246 g/mol. The van der Waals surface area contributed by atoms with Crippen LogP contribution in [0.1, 0.15) is 23.3 Å². The maximum absolute atomic E-state index is 11.4. The lowest BCUT2D eigenvalue weighted by molar-refractivity contribution is 0.0594. The van der Waals surface area contributed by atoms with Gasteiger partial charge in [0.05, 0.1) is 12.8 Å². The Bertz CT molecular complexity index is 445. The number of nitrogens with one attached hydrogen (secondary N) is 1. The number of hydrogen-bond acceptors (Lipinski definition) is 6. The Morgan fingerprint density at radius 2 is 2.26 bits per heavy atom. The Balaban J connectivity index is 2.00. The van der Waals surface area contributed by atoms with Crippen LogP contribution >= 0.6 is 0 Å². The SMILES string of the molecule is COC(=O)c1ccc(N)c(NCC2CCOCC2)n1.